The number of rotatable bonds is 3. The summed E-state index contributed by atoms with van der Waals surface area (Å²) in [6, 6.07) is 3.50. The first kappa shape index (κ1) is 14.5. The molecular formula is C16H17ClN4O2. The smallest absolute Gasteiger partial charge is 0.257 e. The van der Waals surface area contributed by atoms with Gasteiger partial charge in [-0.05, 0) is 18.9 Å². The van der Waals surface area contributed by atoms with Gasteiger partial charge in [0.05, 0.1) is 11.8 Å². The minimum Gasteiger partial charge on any atom is -0.472 e. The zero-order valence-corrected chi connectivity index (χ0v) is 13.4. The van der Waals surface area contributed by atoms with Gasteiger partial charge in [-0.2, -0.15) is 0 Å². The van der Waals surface area contributed by atoms with Crippen molar-refractivity contribution in [3.05, 3.63) is 41.2 Å². The molecule has 2 aromatic rings. The van der Waals surface area contributed by atoms with Crippen molar-refractivity contribution in [2.75, 3.05) is 31.1 Å². The molecule has 0 N–H and O–H groups in total. The normalized spacial score (nSPS) is 18.3. The number of carbonyl (C=O) groups is 1. The number of nitrogens with zero attached hydrogens (tertiary/aromatic N) is 4. The monoisotopic (exact) mass is 332 g/mol. The Hall–Kier alpha value is -2.08. The molecule has 3 heterocycles. The third kappa shape index (κ3) is 3.03. The van der Waals surface area contributed by atoms with Crippen LogP contribution < -0.4 is 4.90 Å². The highest BCUT2D eigenvalue weighted by atomic mass is 35.5. The average Bonchev–Trinajstić information content (AvgIpc) is 3.28. The maximum Gasteiger partial charge on any atom is 0.257 e. The van der Waals surface area contributed by atoms with Gasteiger partial charge in [-0.3, -0.25) is 4.79 Å². The fraction of sp³-hybridized carbons (Fsp3) is 0.438. The van der Waals surface area contributed by atoms with Gasteiger partial charge in [0.15, 0.2) is 0 Å². The second-order valence-electron chi connectivity index (χ2n) is 5.97. The van der Waals surface area contributed by atoms with Crippen LogP contribution in [0.15, 0.2) is 29.1 Å². The number of piperazine rings is 1. The highest BCUT2D eigenvalue weighted by molar-refractivity contribution is 6.29. The third-order valence-corrected chi connectivity index (χ3v) is 4.49. The van der Waals surface area contributed by atoms with E-state index in [-0.39, 0.29) is 5.91 Å². The van der Waals surface area contributed by atoms with E-state index in [2.05, 4.69) is 14.9 Å². The summed E-state index contributed by atoms with van der Waals surface area (Å²) in [6.07, 6.45) is 5.30. The summed E-state index contributed by atoms with van der Waals surface area (Å²) < 4.78 is 4.98. The number of carbonyl (C=O) groups excluding carboxylic acids is 1. The topological polar surface area (TPSA) is 62.5 Å². The Kier molecular flexibility index (Phi) is 3.69. The molecule has 7 heteroatoms. The molecule has 1 aliphatic heterocycles. The molecule has 0 aromatic carbocycles. The molecule has 1 amide bonds. The van der Waals surface area contributed by atoms with Crippen LogP contribution in [-0.2, 0) is 0 Å². The van der Waals surface area contributed by atoms with Crippen molar-refractivity contribution in [3.8, 4) is 0 Å². The van der Waals surface area contributed by atoms with Gasteiger partial charge < -0.3 is 14.2 Å². The van der Waals surface area contributed by atoms with Gasteiger partial charge in [0.2, 0.25) is 0 Å². The highest BCUT2D eigenvalue weighted by Gasteiger charge is 2.29. The minimum absolute atomic E-state index is 0.0118. The van der Waals surface area contributed by atoms with Crippen molar-refractivity contribution in [1.29, 1.82) is 0 Å². The molecule has 1 saturated carbocycles. The lowest BCUT2D eigenvalue weighted by Gasteiger charge is -2.35. The van der Waals surface area contributed by atoms with E-state index < -0.39 is 0 Å². The van der Waals surface area contributed by atoms with Gasteiger partial charge in [0.25, 0.3) is 5.91 Å². The van der Waals surface area contributed by atoms with Crippen LogP contribution in [0.3, 0.4) is 0 Å². The maximum absolute atomic E-state index is 12.3. The Morgan fingerprint density at radius 3 is 2.65 bits per heavy atom. The van der Waals surface area contributed by atoms with Crippen LogP contribution in [-0.4, -0.2) is 47.0 Å². The zero-order chi connectivity index (χ0) is 15.8. The first-order valence-electron chi connectivity index (χ1n) is 7.81. The summed E-state index contributed by atoms with van der Waals surface area (Å²) in [5.74, 6) is 2.20. The summed E-state index contributed by atoms with van der Waals surface area (Å²) in [6.45, 7) is 2.79. The van der Waals surface area contributed by atoms with E-state index in [1.54, 1.807) is 12.1 Å². The number of anilines is 1. The van der Waals surface area contributed by atoms with E-state index in [1.165, 1.54) is 12.5 Å². The lowest BCUT2D eigenvalue weighted by Crippen LogP contribution is -2.49. The quantitative estimate of drug-likeness (QED) is 0.808. The molecule has 2 aliphatic rings. The van der Waals surface area contributed by atoms with Gasteiger partial charge in [0, 0.05) is 38.2 Å². The van der Waals surface area contributed by atoms with Crippen LogP contribution in [0, 0.1) is 0 Å². The molecule has 0 spiro atoms. The molecule has 0 radical (unpaired) electrons. The Bertz CT molecular complexity index is 707. The molecular weight excluding hydrogens is 316 g/mol. The van der Waals surface area contributed by atoms with E-state index in [0.29, 0.717) is 29.7 Å². The summed E-state index contributed by atoms with van der Waals surface area (Å²) >= 11 is 6.14. The van der Waals surface area contributed by atoms with Crippen LogP contribution >= 0.6 is 11.6 Å². The number of aromatic nitrogens is 2. The number of hydrogen-bond acceptors (Lipinski definition) is 5. The number of furan rings is 1. The fourth-order valence-corrected chi connectivity index (χ4v) is 3.00. The van der Waals surface area contributed by atoms with Crippen molar-refractivity contribution in [2.45, 2.75) is 18.8 Å². The Morgan fingerprint density at radius 1 is 1.22 bits per heavy atom. The number of hydrogen-bond donors (Lipinski definition) is 0. The second kappa shape index (κ2) is 5.85. The molecule has 120 valence electrons. The Balaban J connectivity index is 1.44. The predicted molar refractivity (Wildman–Crippen MR) is 85.8 cm³/mol. The van der Waals surface area contributed by atoms with E-state index >= 15 is 0 Å². The molecule has 0 bridgehead atoms. The third-order valence-electron chi connectivity index (χ3n) is 4.30. The molecule has 2 fully saturated rings. The van der Waals surface area contributed by atoms with Gasteiger partial charge in [-0.15, -0.1) is 0 Å². The standard InChI is InChI=1S/C16H17ClN4O2/c17-13-9-14(19-15(18-13)11-1-2-11)20-4-6-21(7-5-20)16(22)12-3-8-23-10-12/h3,8-11H,1-2,4-7H2. The molecule has 0 unspecified atom stereocenters. The van der Waals surface area contributed by atoms with Crippen LogP contribution in [0.2, 0.25) is 5.15 Å². The van der Waals surface area contributed by atoms with E-state index in [9.17, 15) is 4.79 Å². The van der Waals surface area contributed by atoms with Crippen molar-refractivity contribution >= 4 is 23.3 Å². The summed E-state index contributed by atoms with van der Waals surface area (Å²) in [4.78, 5) is 25.3. The van der Waals surface area contributed by atoms with E-state index in [1.807, 2.05) is 4.90 Å². The first-order chi connectivity index (χ1) is 11.2. The van der Waals surface area contributed by atoms with Gasteiger partial charge in [-0.1, -0.05) is 11.6 Å². The van der Waals surface area contributed by atoms with Crippen molar-refractivity contribution in [3.63, 3.8) is 0 Å². The van der Waals surface area contributed by atoms with Crippen molar-refractivity contribution in [2.24, 2.45) is 0 Å². The largest absolute Gasteiger partial charge is 0.472 e. The van der Waals surface area contributed by atoms with Crippen molar-refractivity contribution < 1.29 is 9.21 Å². The number of halogens is 1. The number of amides is 1. The SMILES string of the molecule is O=C(c1ccoc1)N1CCN(c2cc(Cl)nc(C3CC3)n2)CC1. The molecule has 2 aromatic heterocycles. The molecule has 1 aliphatic carbocycles. The van der Waals surface area contributed by atoms with Crippen LogP contribution in [0.1, 0.15) is 34.9 Å². The molecule has 1 saturated heterocycles. The molecule has 23 heavy (non-hydrogen) atoms. The second-order valence-corrected chi connectivity index (χ2v) is 6.36. The van der Waals surface area contributed by atoms with Crippen LogP contribution in [0.5, 0.6) is 0 Å². The Morgan fingerprint density at radius 2 is 2.00 bits per heavy atom. The Labute approximate surface area is 139 Å². The first-order valence-corrected chi connectivity index (χ1v) is 8.19. The van der Waals surface area contributed by atoms with Gasteiger partial charge in [-0.25, -0.2) is 9.97 Å². The minimum atomic E-state index is 0.0118. The summed E-state index contributed by atoms with van der Waals surface area (Å²) in [7, 11) is 0. The van der Waals surface area contributed by atoms with Crippen molar-refractivity contribution in [1.82, 2.24) is 14.9 Å². The van der Waals surface area contributed by atoms with Crippen LogP contribution in [0.4, 0.5) is 5.82 Å². The lowest BCUT2D eigenvalue weighted by molar-refractivity contribution is 0.0746. The average molecular weight is 333 g/mol. The van der Waals surface area contributed by atoms with Gasteiger partial charge in [0.1, 0.15) is 23.1 Å². The summed E-state index contributed by atoms with van der Waals surface area (Å²) in [5, 5.41) is 0.494. The summed E-state index contributed by atoms with van der Waals surface area (Å²) in [5.41, 5.74) is 0.597. The molecule has 4 rings (SSSR count). The zero-order valence-electron chi connectivity index (χ0n) is 12.6. The van der Waals surface area contributed by atoms with Gasteiger partial charge >= 0.3 is 0 Å². The van der Waals surface area contributed by atoms with E-state index in [0.717, 1.165) is 37.6 Å². The maximum atomic E-state index is 12.3. The lowest BCUT2D eigenvalue weighted by atomic mass is 10.2. The highest BCUT2D eigenvalue weighted by Crippen LogP contribution is 2.39. The van der Waals surface area contributed by atoms with E-state index in [4.69, 9.17) is 16.0 Å². The predicted octanol–water partition coefficient (Wildman–Crippen LogP) is 2.56. The van der Waals surface area contributed by atoms with Crippen LogP contribution in [0.25, 0.3) is 0 Å². The molecule has 6 nitrogen and oxygen atoms in total. The molecule has 0 atom stereocenters. The fourth-order valence-electron chi connectivity index (χ4n) is 2.82.